The third-order valence-corrected chi connectivity index (χ3v) is 4.34. The standard InChI is InChI=1S/C14H21N3O3S/c1-21(19,20)16-12-8-5-9-17(10-12)13(14(15)18)11-6-3-2-4-7-11/h2-4,6-7,12-13,16H,5,8-10H2,1H3,(H2,15,18)/t12-,13-/m1/s1. The van der Waals surface area contributed by atoms with Crippen molar-refractivity contribution in [2.45, 2.75) is 24.9 Å². The maximum atomic E-state index is 11.8. The van der Waals surface area contributed by atoms with E-state index in [1.54, 1.807) is 0 Å². The largest absolute Gasteiger partial charge is 0.368 e. The third-order valence-electron chi connectivity index (χ3n) is 3.58. The van der Waals surface area contributed by atoms with Crippen molar-refractivity contribution in [3.8, 4) is 0 Å². The molecule has 0 spiro atoms. The molecule has 0 aliphatic carbocycles. The average Bonchev–Trinajstić information content (AvgIpc) is 2.38. The highest BCUT2D eigenvalue weighted by molar-refractivity contribution is 7.88. The summed E-state index contributed by atoms with van der Waals surface area (Å²) >= 11 is 0. The van der Waals surface area contributed by atoms with E-state index in [1.807, 2.05) is 35.2 Å². The van der Waals surface area contributed by atoms with Gasteiger partial charge in [0.05, 0.1) is 6.26 Å². The Labute approximate surface area is 125 Å². The molecule has 1 aromatic carbocycles. The lowest BCUT2D eigenvalue weighted by Crippen LogP contribution is -2.50. The molecule has 0 saturated carbocycles. The lowest BCUT2D eigenvalue weighted by Gasteiger charge is -2.37. The maximum Gasteiger partial charge on any atom is 0.239 e. The van der Waals surface area contributed by atoms with Crippen LogP contribution in [0.3, 0.4) is 0 Å². The fourth-order valence-electron chi connectivity index (χ4n) is 2.83. The van der Waals surface area contributed by atoms with Crippen molar-refractivity contribution in [1.29, 1.82) is 0 Å². The number of sulfonamides is 1. The molecule has 0 unspecified atom stereocenters. The molecule has 0 aromatic heterocycles. The number of carbonyl (C=O) groups excluding carboxylic acids is 1. The summed E-state index contributed by atoms with van der Waals surface area (Å²) in [7, 11) is -3.25. The third kappa shape index (κ3) is 4.52. The predicted molar refractivity (Wildman–Crippen MR) is 81.0 cm³/mol. The molecule has 1 saturated heterocycles. The van der Waals surface area contributed by atoms with Gasteiger partial charge >= 0.3 is 0 Å². The minimum absolute atomic E-state index is 0.181. The second-order valence-corrected chi connectivity index (χ2v) is 7.22. The molecular weight excluding hydrogens is 290 g/mol. The van der Waals surface area contributed by atoms with Gasteiger partial charge in [0, 0.05) is 12.6 Å². The second kappa shape index (κ2) is 6.55. The number of benzene rings is 1. The van der Waals surface area contributed by atoms with Crippen LogP contribution in [0.15, 0.2) is 30.3 Å². The van der Waals surface area contributed by atoms with Crippen LogP contribution in [0.4, 0.5) is 0 Å². The van der Waals surface area contributed by atoms with Crippen LogP contribution >= 0.6 is 0 Å². The maximum absolute atomic E-state index is 11.8. The topological polar surface area (TPSA) is 92.5 Å². The fourth-order valence-corrected chi connectivity index (χ4v) is 3.63. The molecule has 21 heavy (non-hydrogen) atoms. The Morgan fingerprint density at radius 2 is 2.05 bits per heavy atom. The van der Waals surface area contributed by atoms with E-state index in [1.165, 1.54) is 0 Å². The molecule has 2 rings (SSSR count). The first kappa shape index (κ1) is 15.9. The minimum Gasteiger partial charge on any atom is -0.368 e. The normalized spacial score (nSPS) is 21.9. The number of carbonyl (C=O) groups is 1. The summed E-state index contributed by atoms with van der Waals surface area (Å²) in [6, 6.07) is 8.63. The molecule has 116 valence electrons. The summed E-state index contributed by atoms with van der Waals surface area (Å²) in [4.78, 5) is 13.8. The van der Waals surface area contributed by atoms with Crippen LogP contribution in [0.5, 0.6) is 0 Å². The molecule has 1 aliphatic heterocycles. The Bertz CT molecular complexity index is 589. The number of amides is 1. The van der Waals surface area contributed by atoms with Gasteiger partial charge < -0.3 is 5.73 Å². The number of likely N-dealkylation sites (tertiary alicyclic amines) is 1. The molecule has 1 aromatic rings. The van der Waals surface area contributed by atoms with E-state index in [0.29, 0.717) is 6.54 Å². The van der Waals surface area contributed by atoms with Crippen molar-refractivity contribution in [3.05, 3.63) is 35.9 Å². The first-order chi connectivity index (χ1) is 9.87. The van der Waals surface area contributed by atoms with Crippen LogP contribution in [0.1, 0.15) is 24.4 Å². The molecule has 1 aliphatic rings. The van der Waals surface area contributed by atoms with Crippen molar-refractivity contribution < 1.29 is 13.2 Å². The predicted octanol–water partition coefficient (Wildman–Crippen LogP) is 0.227. The molecule has 2 atom stereocenters. The van der Waals surface area contributed by atoms with Gasteiger partial charge in [0.2, 0.25) is 15.9 Å². The van der Waals surface area contributed by atoms with Gasteiger partial charge in [-0.3, -0.25) is 9.69 Å². The summed E-state index contributed by atoms with van der Waals surface area (Å²) in [6.07, 6.45) is 2.74. The highest BCUT2D eigenvalue weighted by Gasteiger charge is 2.31. The molecule has 1 fully saturated rings. The number of hydrogen-bond acceptors (Lipinski definition) is 4. The van der Waals surface area contributed by atoms with Gasteiger partial charge in [0.15, 0.2) is 0 Å². The molecule has 6 nitrogen and oxygen atoms in total. The SMILES string of the molecule is CS(=O)(=O)N[C@@H]1CCCN([C@@H](C(N)=O)c2ccccc2)C1. The Morgan fingerprint density at radius 1 is 1.38 bits per heavy atom. The lowest BCUT2D eigenvalue weighted by atomic mass is 9.99. The van der Waals surface area contributed by atoms with Crippen molar-refractivity contribution >= 4 is 15.9 Å². The van der Waals surface area contributed by atoms with Gasteiger partial charge in [-0.05, 0) is 24.9 Å². The molecule has 3 N–H and O–H groups in total. The van der Waals surface area contributed by atoms with Crippen LogP contribution in [-0.2, 0) is 14.8 Å². The van der Waals surface area contributed by atoms with Gasteiger partial charge in [0.25, 0.3) is 0 Å². The van der Waals surface area contributed by atoms with E-state index < -0.39 is 22.0 Å². The molecule has 1 amide bonds. The van der Waals surface area contributed by atoms with Gasteiger partial charge in [-0.25, -0.2) is 13.1 Å². The van der Waals surface area contributed by atoms with Gasteiger partial charge in [0.1, 0.15) is 6.04 Å². The van der Waals surface area contributed by atoms with Crippen LogP contribution < -0.4 is 10.5 Å². The number of nitrogens with one attached hydrogen (secondary N) is 1. The summed E-state index contributed by atoms with van der Waals surface area (Å²) in [6.45, 7) is 1.21. The van der Waals surface area contributed by atoms with Crippen molar-refractivity contribution in [2.75, 3.05) is 19.3 Å². The van der Waals surface area contributed by atoms with Crippen LogP contribution in [-0.4, -0.2) is 44.6 Å². The van der Waals surface area contributed by atoms with Gasteiger partial charge in [-0.15, -0.1) is 0 Å². The molecule has 0 bridgehead atoms. The summed E-state index contributed by atoms with van der Waals surface area (Å²) in [5.41, 5.74) is 6.39. The van der Waals surface area contributed by atoms with E-state index in [4.69, 9.17) is 5.73 Å². The van der Waals surface area contributed by atoms with Crippen LogP contribution in [0.2, 0.25) is 0 Å². The zero-order chi connectivity index (χ0) is 15.5. The zero-order valence-electron chi connectivity index (χ0n) is 12.0. The summed E-state index contributed by atoms with van der Waals surface area (Å²) in [5, 5.41) is 0. The van der Waals surface area contributed by atoms with Crippen molar-refractivity contribution in [3.63, 3.8) is 0 Å². The molecular formula is C14H21N3O3S. The van der Waals surface area contributed by atoms with E-state index in [0.717, 1.165) is 31.2 Å². The highest BCUT2D eigenvalue weighted by atomic mass is 32.2. The van der Waals surface area contributed by atoms with E-state index in [-0.39, 0.29) is 6.04 Å². The quantitative estimate of drug-likeness (QED) is 0.814. The van der Waals surface area contributed by atoms with E-state index in [2.05, 4.69) is 4.72 Å². The first-order valence-electron chi connectivity index (χ1n) is 6.92. The van der Waals surface area contributed by atoms with Gasteiger partial charge in [-0.1, -0.05) is 30.3 Å². The zero-order valence-corrected chi connectivity index (χ0v) is 12.8. The average molecular weight is 311 g/mol. The number of nitrogens with zero attached hydrogens (tertiary/aromatic N) is 1. The highest BCUT2D eigenvalue weighted by Crippen LogP contribution is 2.24. The molecule has 1 heterocycles. The lowest BCUT2D eigenvalue weighted by molar-refractivity contribution is -0.124. The molecule has 7 heteroatoms. The number of nitrogens with two attached hydrogens (primary N) is 1. The number of primary amides is 1. The van der Waals surface area contributed by atoms with Crippen molar-refractivity contribution in [1.82, 2.24) is 9.62 Å². The number of hydrogen-bond donors (Lipinski definition) is 2. The van der Waals surface area contributed by atoms with E-state index in [9.17, 15) is 13.2 Å². The Hall–Kier alpha value is -1.44. The van der Waals surface area contributed by atoms with Gasteiger partial charge in [-0.2, -0.15) is 0 Å². The Kier molecular flexibility index (Phi) is 4.97. The van der Waals surface area contributed by atoms with Crippen molar-refractivity contribution in [2.24, 2.45) is 5.73 Å². The number of piperidine rings is 1. The monoisotopic (exact) mass is 311 g/mol. The smallest absolute Gasteiger partial charge is 0.239 e. The van der Waals surface area contributed by atoms with Crippen LogP contribution in [0.25, 0.3) is 0 Å². The second-order valence-electron chi connectivity index (χ2n) is 5.44. The number of rotatable bonds is 5. The molecule has 0 radical (unpaired) electrons. The summed E-state index contributed by atoms with van der Waals surface area (Å²) in [5.74, 6) is -0.416. The fraction of sp³-hybridized carbons (Fsp3) is 0.500. The van der Waals surface area contributed by atoms with E-state index >= 15 is 0 Å². The minimum atomic E-state index is -3.25. The first-order valence-corrected chi connectivity index (χ1v) is 8.81. The van der Waals surface area contributed by atoms with Crippen LogP contribution in [0, 0.1) is 0 Å². The summed E-state index contributed by atoms with van der Waals surface area (Å²) < 4.78 is 25.3. The Morgan fingerprint density at radius 3 is 2.62 bits per heavy atom. The Balaban J connectivity index is 2.16.